The van der Waals surface area contributed by atoms with Crippen LogP contribution in [0.2, 0.25) is 5.02 Å². The van der Waals surface area contributed by atoms with Gasteiger partial charge in [0.15, 0.2) is 0 Å². The lowest BCUT2D eigenvalue weighted by Crippen LogP contribution is -2.42. The molecule has 1 aromatic rings. The second-order valence-electron chi connectivity index (χ2n) is 3.59. The molecule has 1 unspecified atom stereocenters. The zero-order chi connectivity index (χ0) is 14.6. The van der Waals surface area contributed by atoms with Crippen LogP contribution in [-0.2, 0) is 9.59 Å². The molecule has 0 spiro atoms. The highest BCUT2D eigenvalue weighted by atomic mass is 127. The summed E-state index contributed by atoms with van der Waals surface area (Å²) in [5, 5.41) is 19.9. The summed E-state index contributed by atoms with van der Waals surface area (Å²) in [7, 11) is 0. The highest BCUT2D eigenvalue weighted by molar-refractivity contribution is 14.1. The SMILES string of the molecule is O=C(O)CC(NC(=O)c1ccc(I)c(Cl)c1)C(=O)O. The van der Waals surface area contributed by atoms with Crippen molar-refractivity contribution in [2.75, 3.05) is 0 Å². The molecule has 0 aliphatic rings. The van der Waals surface area contributed by atoms with Gasteiger partial charge >= 0.3 is 11.9 Å². The van der Waals surface area contributed by atoms with Crippen molar-refractivity contribution in [3.8, 4) is 0 Å². The van der Waals surface area contributed by atoms with Gasteiger partial charge in [-0.25, -0.2) is 4.79 Å². The quantitative estimate of drug-likeness (QED) is 0.655. The number of hydrogen-bond donors (Lipinski definition) is 3. The molecule has 0 fully saturated rings. The van der Waals surface area contributed by atoms with Gasteiger partial charge in [-0.3, -0.25) is 9.59 Å². The molecule has 8 heteroatoms. The number of carbonyl (C=O) groups is 3. The number of carboxylic acids is 2. The van der Waals surface area contributed by atoms with Crippen molar-refractivity contribution in [3.05, 3.63) is 32.4 Å². The first-order chi connectivity index (χ1) is 8.81. The predicted octanol–water partition coefficient (Wildman–Crippen LogP) is 1.60. The third-order valence-electron chi connectivity index (χ3n) is 2.16. The number of carbonyl (C=O) groups excluding carboxylic acids is 1. The lowest BCUT2D eigenvalue weighted by atomic mass is 10.1. The van der Waals surface area contributed by atoms with E-state index in [0.29, 0.717) is 5.02 Å². The minimum Gasteiger partial charge on any atom is -0.481 e. The second kappa shape index (κ2) is 6.71. The summed E-state index contributed by atoms with van der Waals surface area (Å²) in [4.78, 5) is 33.1. The lowest BCUT2D eigenvalue weighted by molar-refractivity contribution is -0.145. The number of nitrogens with one attached hydrogen (secondary N) is 1. The Balaban J connectivity index is 2.84. The van der Waals surface area contributed by atoms with Gasteiger partial charge in [0.05, 0.1) is 11.4 Å². The van der Waals surface area contributed by atoms with Gasteiger partial charge < -0.3 is 15.5 Å². The average molecular weight is 398 g/mol. The number of benzene rings is 1. The smallest absolute Gasteiger partial charge is 0.326 e. The minimum atomic E-state index is -1.48. The van der Waals surface area contributed by atoms with Crippen molar-refractivity contribution in [3.63, 3.8) is 0 Å². The summed E-state index contributed by atoms with van der Waals surface area (Å²) in [5.74, 6) is -3.41. The fourth-order valence-corrected chi connectivity index (χ4v) is 1.77. The van der Waals surface area contributed by atoms with E-state index in [2.05, 4.69) is 5.32 Å². The van der Waals surface area contributed by atoms with Crippen molar-refractivity contribution in [1.29, 1.82) is 0 Å². The Kier molecular flexibility index (Phi) is 5.55. The zero-order valence-electron chi connectivity index (χ0n) is 9.39. The van der Waals surface area contributed by atoms with Gasteiger partial charge in [-0.1, -0.05) is 11.6 Å². The van der Waals surface area contributed by atoms with Gasteiger partial charge in [-0.2, -0.15) is 0 Å². The molecule has 0 saturated carbocycles. The van der Waals surface area contributed by atoms with Crippen LogP contribution >= 0.6 is 34.2 Å². The van der Waals surface area contributed by atoms with Crippen molar-refractivity contribution in [2.24, 2.45) is 0 Å². The highest BCUT2D eigenvalue weighted by Gasteiger charge is 2.23. The molecular formula is C11H9ClINO5. The Morgan fingerprint density at radius 1 is 1.32 bits per heavy atom. The monoisotopic (exact) mass is 397 g/mol. The van der Waals surface area contributed by atoms with Crippen molar-refractivity contribution < 1.29 is 24.6 Å². The Hall–Kier alpha value is -1.35. The number of aliphatic carboxylic acids is 2. The molecule has 19 heavy (non-hydrogen) atoms. The van der Waals surface area contributed by atoms with Crippen LogP contribution in [0.5, 0.6) is 0 Å². The topological polar surface area (TPSA) is 104 Å². The van der Waals surface area contributed by atoms with E-state index >= 15 is 0 Å². The molecule has 0 bridgehead atoms. The molecule has 0 saturated heterocycles. The van der Waals surface area contributed by atoms with E-state index in [1.165, 1.54) is 12.1 Å². The summed E-state index contributed by atoms with van der Waals surface area (Å²) in [6.45, 7) is 0. The van der Waals surface area contributed by atoms with Gasteiger partial charge in [0, 0.05) is 9.13 Å². The first-order valence-electron chi connectivity index (χ1n) is 5.01. The largest absolute Gasteiger partial charge is 0.481 e. The third-order valence-corrected chi connectivity index (χ3v) is 3.74. The molecule has 0 aromatic heterocycles. The number of hydrogen-bond acceptors (Lipinski definition) is 3. The molecule has 3 N–H and O–H groups in total. The molecule has 1 aromatic carbocycles. The first-order valence-corrected chi connectivity index (χ1v) is 6.47. The maximum atomic E-state index is 11.8. The number of halogens is 2. The molecule has 1 amide bonds. The van der Waals surface area contributed by atoms with E-state index in [1.807, 2.05) is 22.6 Å². The maximum absolute atomic E-state index is 11.8. The fourth-order valence-electron chi connectivity index (χ4n) is 1.25. The van der Waals surface area contributed by atoms with E-state index in [0.717, 1.165) is 3.57 Å². The standard InChI is InChI=1S/C11H9ClINO5/c12-6-3-5(1-2-7(6)13)10(17)14-8(11(18)19)4-9(15)16/h1-3,8H,4H2,(H,14,17)(H,15,16)(H,18,19). The first kappa shape index (κ1) is 15.7. The van der Waals surface area contributed by atoms with E-state index in [4.69, 9.17) is 21.8 Å². The van der Waals surface area contributed by atoms with Crippen molar-refractivity contribution in [2.45, 2.75) is 12.5 Å². The zero-order valence-corrected chi connectivity index (χ0v) is 12.3. The summed E-state index contributed by atoms with van der Waals surface area (Å²) in [6.07, 6.45) is -0.695. The Labute approximate surface area is 126 Å². The molecular weight excluding hydrogens is 388 g/mol. The summed E-state index contributed by atoms with van der Waals surface area (Å²) >= 11 is 7.82. The van der Waals surface area contributed by atoms with E-state index in [1.54, 1.807) is 6.07 Å². The van der Waals surface area contributed by atoms with Crippen molar-refractivity contribution >= 4 is 52.0 Å². The van der Waals surface area contributed by atoms with Crippen molar-refractivity contribution in [1.82, 2.24) is 5.32 Å². The van der Waals surface area contributed by atoms with E-state index in [-0.39, 0.29) is 5.56 Å². The van der Waals surface area contributed by atoms with Gasteiger partial charge in [-0.15, -0.1) is 0 Å². The van der Waals surface area contributed by atoms with Gasteiger partial charge in [-0.05, 0) is 40.8 Å². The summed E-state index contributed by atoms with van der Waals surface area (Å²) in [5.41, 5.74) is 0.169. The second-order valence-corrected chi connectivity index (χ2v) is 5.16. The maximum Gasteiger partial charge on any atom is 0.326 e. The minimum absolute atomic E-state index is 0.169. The van der Waals surface area contributed by atoms with Crippen LogP contribution in [0.1, 0.15) is 16.8 Å². The van der Waals surface area contributed by atoms with Crippen LogP contribution in [0.4, 0.5) is 0 Å². The molecule has 0 radical (unpaired) electrons. The number of carboxylic acid groups (broad SMARTS) is 2. The summed E-state index contributed by atoms with van der Waals surface area (Å²) in [6, 6.07) is 2.98. The van der Waals surface area contributed by atoms with Crippen LogP contribution in [0.3, 0.4) is 0 Å². The van der Waals surface area contributed by atoms with Gasteiger partial charge in [0.2, 0.25) is 0 Å². The van der Waals surface area contributed by atoms with Crippen LogP contribution in [-0.4, -0.2) is 34.1 Å². The predicted molar refractivity (Wildman–Crippen MR) is 75.3 cm³/mol. The van der Waals surface area contributed by atoms with E-state index < -0.39 is 30.3 Å². The highest BCUT2D eigenvalue weighted by Crippen LogP contribution is 2.19. The van der Waals surface area contributed by atoms with Crippen LogP contribution in [0.25, 0.3) is 0 Å². The Morgan fingerprint density at radius 2 is 1.95 bits per heavy atom. The molecule has 6 nitrogen and oxygen atoms in total. The van der Waals surface area contributed by atoms with Crippen LogP contribution in [0.15, 0.2) is 18.2 Å². The fraction of sp³-hybridized carbons (Fsp3) is 0.182. The molecule has 0 heterocycles. The van der Waals surface area contributed by atoms with Gasteiger partial charge in [0.25, 0.3) is 5.91 Å². The molecule has 1 atom stereocenters. The molecule has 0 aliphatic carbocycles. The number of rotatable bonds is 5. The Morgan fingerprint density at radius 3 is 2.42 bits per heavy atom. The van der Waals surface area contributed by atoms with Crippen LogP contribution < -0.4 is 5.32 Å². The average Bonchev–Trinajstić information content (AvgIpc) is 2.31. The third kappa shape index (κ3) is 4.67. The van der Waals surface area contributed by atoms with E-state index in [9.17, 15) is 14.4 Å². The lowest BCUT2D eigenvalue weighted by Gasteiger charge is -2.12. The molecule has 0 aliphatic heterocycles. The summed E-state index contributed by atoms with van der Waals surface area (Å²) < 4.78 is 0.746. The normalized spacial score (nSPS) is 11.7. The van der Waals surface area contributed by atoms with Gasteiger partial charge in [0.1, 0.15) is 6.04 Å². The number of amides is 1. The Bertz CT molecular complexity index is 534. The molecule has 1 rings (SSSR count). The van der Waals surface area contributed by atoms with Crippen LogP contribution in [0, 0.1) is 3.57 Å². The molecule has 102 valence electrons.